The van der Waals surface area contributed by atoms with Gasteiger partial charge in [-0.2, -0.15) is 5.10 Å². The van der Waals surface area contributed by atoms with Crippen LogP contribution < -0.4 is 5.32 Å². The summed E-state index contributed by atoms with van der Waals surface area (Å²) in [5.41, 5.74) is 0.719. The van der Waals surface area contributed by atoms with Crippen molar-refractivity contribution >= 4 is 23.1 Å². The summed E-state index contributed by atoms with van der Waals surface area (Å²) in [4.78, 5) is 14.1. The number of hydrogen-bond acceptors (Lipinski definition) is 5. The quantitative estimate of drug-likeness (QED) is 0.641. The Kier molecular flexibility index (Phi) is 3.20. The zero-order chi connectivity index (χ0) is 12.3. The molecule has 88 valence electrons. The zero-order valence-corrected chi connectivity index (χ0v) is 9.31. The van der Waals surface area contributed by atoms with Crippen molar-refractivity contribution < 1.29 is 4.92 Å². The second kappa shape index (κ2) is 4.79. The average Bonchev–Trinajstić information content (AvgIpc) is 2.80. The number of hydrogen-bond donors (Lipinski definition) is 2. The molecule has 0 bridgehead atoms. The van der Waals surface area contributed by atoms with Gasteiger partial charge in [-0.05, 0) is 0 Å². The molecule has 0 aliphatic carbocycles. The Hall–Kier alpha value is -2.15. The maximum absolute atomic E-state index is 10.8. The maximum atomic E-state index is 10.8. The van der Waals surface area contributed by atoms with E-state index in [4.69, 9.17) is 11.6 Å². The van der Waals surface area contributed by atoms with Gasteiger partial charge in [-0.25, -0.2) is 4.98 Å². The van der Waals surface area contributed by atoms with Crippen LogP contribution in [0.2, 0.25) is 5.02 Å². The molecule has 7 nitrogen and oxygen atoms in total. The van der Waals surface area contributed by atoms with Crippen LogP contribution in [0.4, 0.5) is 11.5 Å². The van der Waals surface area contributed by atoms with Gasteiger partial charge in [-0.15, -0.1) is 0 Å². The van der Waals surface area contributed by atoms with Crippen LogP contribution in [0.1, 0.15) is 5.56 Å². The van der Waals surface area contributed by atoms with Crippen molar-refractivity contribution in [3.8, 4) is 0 Å². The first-order valence-electron chi connectivity index (χ1n) is 4.68. The molecule has 0 amide bonds. The Bertz CT molecular complexity index is 528. The van der Waals surface area contributed by atoms with Crippen LogP contribution in [0.15, 0.2) is 24.7 Å². The SMILES string of the molecule is O=[N+]([O-])c1cc(Cl)cnc1NCc1cn[nH]c1. The van der Waals surface area contributed by atoms with Crippen LogP contribution in [0.25, 0.3) is 0 Å². The fraction of sp³-hybridized carbons (Fsp3) is 0.111. The van der Waals surface area contributed by atoms with E-state index in [1.165, 1.54) is 12.3 Å². The van der Waals surface area contributed by atoms with E-state index >= 15 is 0 Å². The Balaban J connectivity index is 2.17. The van der Waals surface area contributed by atoms with E-state index in [1.54, 1.807) is 12.4 Å². The molecule has 2 N–H and O–H groups in total. The molecule has 0 radical (unpaired) electrons. The molecular formula is C9H8ClN5O2. The van der Waals surface area contributed by atoms with Gasteiger partial charge in [0.2, 0.25) is 5.82 Å². The zero-order valence-electron chi connectivity index (χ0n) is 8.55. The van der Waals surface area contributed by atoms with E-state index < -0.39 is 4.92 Å². The highest BCUT2D eigenvalue weighted by Gasteiger charge is 2.15. The van der Waals surface area contributed by atoms with Crippen molar-refractivity contribution in [2.45, 2.75) is 6.54 Å². The molecule has 2 rings (SSSR count). The summed E-state index contributed by atoms with van der Waals surface area (Å²) in [5, 5.41) is 20.3. The van der Waals surface area contributed by atoms with Gasteiger partial charge >= 0.3 is 5.69 Å². The molecule has 0 aromatic carbocycles. The smallest absolute Gasteiger partial charge is 0.312 e. The summed E-state index contributed by atoms with van der Waals surface area (Å²) in [5.74, 6) is 0.181. The van der Waals surface area contributed by atoms with Gasteiger partial charge in [-0.3, -0.25) is 15.2 Å². The minimum atomic E-state index is -0.531. The standard InChI is InChI=1S/C9H8ClN5O2/c10-7-1-8(15(16)17)9(12-5-7)11-2-6-3-13-14-4-6/h1,3-5H,2H2,(H,11,12)(H,13,14). The van der Waals surface area contributed by atoms with Crippen molar-refractivity contribution in [3.63, 3.8) is 0 Å². The molecule has 2 aromatic heterocycles. The highest BCUT2D eigenvalue weighted by atomic mass is 35.5. The summed E-state index contributed by atoms with van der Waals surface area (Å²) >= 11 is 5.65. The number of rotatable bonds is 4. The molecule has 0 unspecified atom stereocenters. The summed E-state index contributed by atoms with van der Waals surface area (Å²) in [7, 11) is 0. The van der Waals surface area contributed by atoms with E-state index in [9.17, 15) is 10.1 Å². The van der Waals surface area contributed by atoms with Crippen LogP contribution in [0.3, 0.4) is 0 Å². The van der Waals surface area contributed by atoms with Crippen LogP contribution in [0, 0.1) is 10.1 Å². The van der Waals surface area contributed by atoms with Gasteiger partial charge in [0.15, 0.2) is 0 Å². The molecule has 17 heavy (non-hydrogen) atoms. The number of nitrogens with zero attached hydrogens (tertiary/aromatic N) is 3. The number of pyridine rings is 1. The average molecular weight is 254 g/mol. The second-order valence-corrected chi connectivity index (χ2v) is 3.67. The van der Waals surface area contributed by atoms with Crippen molar-refractivity contribution in [1.29, 1.82) is 0 Å². The van der Waals surface area contributed by atoms with E-state index in [1.807, 2.05) is 0 Å². The van der Waals surface area contributed by atoms with E-state index in [-0.39, 0.29) is 16.5 Å². The first kappa shape index (κ1) is 11.3. The lowest BCUT2D eigenvalue weighted by atomic mass is 10.3. The van der Waals surface area contributed by atoms with Crippen molar-refractivity contribution in [2.75, 3.05) is 5.32 Å². The fourth-order valence-corrected chi connectivity index (χ4v) is 1.42. The van der Waals surface area contributed by atoms with Crippen LogP contribution in [-0.2, 0) is 6.54 Å². The summed E-state index contributed by atoms with van der Waals surface area (Å²) < 4.78 is 0. The molecule has 2 aromatic rings. The molecule has 0 spiro atoms. The van der Waals surface area contributed by atoms with Gasteiger partial charge in [-0.1, -0.05) is 11.6 Å². The van der Waals surface area contributed by atoms with E-state index in [0.717, 1.165) is 5.56 Å². The van der Waals surface area contributed by atoms with Crippen molar-refractivity contribution in [1.82, 2.24) is 15.2 Å². The number of aromatic amines is 1. The Morgan fingerprint density at radius 2 is 2.35 bits per heavy atom. The largest absolute Gasteiger partial charge is 0.360 e. The lowest BCUT2D eigenvalue weighted by Crippen LogP contribution is -2.04. The minimum absolute atomic E-state index is 0.152. The summed E-state index contributed by atoms with van der Waals surface area (Å²) in [6.07, 6.45) is 4.66. The Morgan fingerprint density at radius 3 is 3.00 bits per heavy atom. The number of nitro groups is 1. The predicted molar refractivity (Wildman–Crippen MR) is 61.8 cm³/mol. The number of nitrogens with one attached hydrogen (secondary N) is 2. The predicted octanol–water partition coefficient (Wildman–Crippen LogP) is 1.98. The molecule has 0 aliphatic heterocycles. The highest BCUT2D eigenvalue weighted by Crippen LogP contribution is 2.25. The highest BCUT2D eigenvalue weighted by molar-refractivity contribution is 6.30. The van der Waals surface area contributed by atoms with E-state index in [0.29, 0.717) is 6.54 Å². The van der Waals surface area contributed by atoms with Gasteiger partial charge in [0, 0.05) is 30.6 Å². The molecular weight excluding hydrogens is 246 g/mol. The maximum Gasteiger partial charge on any atom is 0.312 e. The number of H-pyrrole nitrogens is 1. The third-order valence-corrected chi connectivity index (χ3v) is 2.25. The third kappa shape index (κ3) is 2.70. The summed E-state index contributed by atoms with van der Waals surface area (Å²) in [6.45, 7) is 0.395. The Labute approximate surface area is 101 Å². The lowest BCUT2D eigenvalue weighted by molar-refractivity contribution is -0.384. The van der Waals surface area contributed by atoms with Crippen LogP contribution in [0.5, 0.6) is 0 Å². The van der Waals surface area contributed by atoms with Crippen molar-refractivity contribution in [2.24, 2.45) is 0 Å². The number of halogens is 1. The van der Waals surface area contributed by atoms with Gasteiger partial charge < -0.3 is 5.32 Å². The molecule has 0 saturated carbocycles. The van der Waals surface area contributed by atoms with Crippen LogP contribution >= 0.6 is 11.6 Å². The number of anilines is 1. The minimum Gasteiger partial charge on any atom is -0.360 e. The Morgan fingerprint density at radius 1 is 1.53 bits per heavy atom. The third-order valence-electron chi connectivity index (χ3n) is 2.05. The lowest BCUT2D eigenvalue weighted by Gasteiger charge is -2.04. The van der Waals surface area contributed by atoms with Gasteiger partial charge in [0.1, 0.15) is 0 Å². The molecule has 0 aliphatic rings. The van der Waals surface area contributed by atoms with Gasteiger partial charge in [0.25, 0.3) is 0 Å². The molecule has 2 heterocycles. The molecule has 0 fully saturated rings. The van der Waals surface area contributed by atoms with Crippen molar-refractivity contribution in [3.05, 3.63) is 45.4 Å². The first-order chi connectivity index (χ1) is 8.16. The van der Waals surface area contributed by atoms with Crippen LogP contribution in [-0.4, -0.2) is 20.1 Å². The summed E-state index contributed by atoms with van der Waals surface area (Å²) in [6, 6.07) is 1.26. The first-order valence-corrected chi connectivity index (χ1v) is 5.06. The number of aromatic nitrogens is 3. The van der Waals surface area contributed by atoms with E-state index in [2.05, 4.69) is 20.5 Å². The normalized spacial score (nSPS) is 10.2. The topological polar surface area (TPSA) is 96.7 Å². The second-order valence-electron chi connectivity index (χ2n) is 3.24. The van der Waals surface area contributed by atoms with Gasteiger partial charge in [0.05, 0.1) is 16.1 Å². The monoisotopic (exact) mass is 253 g/mol. The fourth-order valence-electron chi connectivity index (χ4n) is 1.26. The molecule has 8 heteroatoms. The molecule has 0 saturated heterocycles. The molecule has 0 atom stereocenters.